The van der Waals surface area contributed by atoms with Crippen LogP contribution in [0.3, 0.4) is 0 Å². The van der Waals surface area contributed by atoms with Gasteiger partial charge in [0.1, 0.15) is 48.4 Å². The van der Waals surface area contributed by atoms with Gasteiger partial charge in [-0.3, -0.25) is 28.8 Å². The lowest BCUT2D eigenvalue weighted by Crippen LogP contribution is -2.57. The van der Waals surface area contributed by atoms with E-state index < -0.39 is 95.0 Å². The van der Waals surface area contributed by atoms with Crippen molar-refractivity contribution in [2.45, 2.75) is 102 Å². The summed E-state index contributed by atoms with van der Waals surface area (Å²) < 4.78 is 51.1. The van der Waals surface area contributed by atoms with E-state index in [-0.39, 0.29) is 118 Å². The number of benzene rings is 5. The maximum Gasteiger partial charge on any atom is 0.407 e. The van der Waals surface area contributed by atoms with Crippen molar-refractivity contribution < 1.29 is 96.3 Å². The van der Waals surface area contributed by atoms with Gasteiger partial charge in [-0.1, -0.05) is 88.7 Å². The average molecular weight is 1280 g/mol. The number of aliphatic hydroxyl groups excluding tert-OH is 3. The number of esters is 3. The monoisotopic (exact) mass is 1270 g/mol. The summed E-state index contributed by atoms with van der Waals surface area (Å²) in [6.45, 7) is 10.6. The van der Waals surface area contributed by atoms with Crippen LogP contribution in [0.1, 0.15) is 98.5 Å². The molecule has 2 saturated heterocycles. The van der Waals surface area contributed by atoms with Crippen LogP contribution in [-0.4, -0.2) is 164 Å². The molecule has 10 rings (SSSR count). The number of nitrogens with one attached hydrogen (secondary N) is 3. The van der Waals surface area contributed by atoms with Gasteiger partial charge in [-0.25, -0.2) is 14.5 Å². The summed E-state index contributed by atoms with van der Waals surface area (Å²) in [5, 5.41) is 37.5. The third-order valence-electron chi connectivity index (χ3n) is 15.6. The van der Waals surface area contributed by atoms with Gasteiger partial charge in [0.15, 0.2) is 11.9 Å². The van der Waals surface area contributed by atoms with Gasteiger partial charge in [-0.05, 0) is 64.6 Å². The number of aliphatic hydroxyl groups is 3. The first-order valence-electron chi connectivity index (χ1n) is 30.0. The Bertz CT molecular complexity index is 3410. The molecule has 6 N–H and O–H groups in total. The molecule has 7 atom stereocenters. The van der Waals surface area contributed by atoms with Crippen molar-refractivity contribution >= 4 is 65.1 Å². The minimum Gasteiger partial charge on any atom is -0.456 e. The molecule has 24 nitrogen and oxygen atoms in total. The molecule has 0 saturated carbocycles. The van der Waals surface area contributed by atoms with Crippen LogP contribution in [0.2, 0.25) is 0 Å². The lowest BCUT2D eigenvalue weighted by molar-refractivity contribution is -0.281. The molecule has 0 aromatic heterocycles. The largest absolute Gasteiger partial charge is 0.456 e. The minimum absolute atomic E-state index is 0.0102. The van der Waals surface area contributed by atoms with Crippen molar-refractivity contribution in [3.8, 4) is 34.1 Å². The first-order valence-corrected chi connectivity index (χ1v) is 31.1. The molecule has 0 radical (unpaired) electrons. The number of alkyl carbamates (subject to hydrolysis) is 1. The third-order valence-corrected chi connectivity index (χ3v) is 16.9. The lowest BCUT2D eigenvalue weighted by atomic mass is 9.77. The Morgan fingerprint density at radius 2 is 1.29 bits per heavy atom. The number of hydrogen-bond acceptors (Lipinski definition) is 21. The number of rotatable bonds is 24. The zero-order valence-corrected chi connectivity index (χ0v) is 52.0. The Morgan fingerprint density at radius 3 is 1.88 bits per heavy atom. The molecular weight excluding hydrogens is 1200 g/mol. The van der Waals surface area contributed by atoms with E-state index in [9.17, 15) is 53.7 Å². The maximum absolute atomic E-state index is 14.3. The normalized spacial score (nSPS) is 20.2. The van der Waals surface area contributed by atoms with Gasteiger partial charge >= 0.3 is 24.0 Å². The average Bonchev–Trinajstić information content (AvgIpc) is 1.64. The number of imide groups is 1. The van der Waals surface area contributed by atoms with Crippen LogP contribution in [0.5, 0.6) is 23.0 Å². The van der Waals surface area contributed by atoms with E-state index >= 15 is 0 Å². The van der Waals surface area contributed by atoms with Crippen molar-refractivity contribution in [3.63, 3.8) is 0 Å². The fourth-order valence-corrected chi connectivity index (χ4v) is 12.8. The zero-order valence-electron chi connectivity index (χ0n) is 51.1. The first kappa shape index (κ1) is 67.1. The number of thioether (sulfide) groups is 1. The predicted molar refractivity (Wildman–Crippen MR) is 328 cm³/mol. The molecule has 0 bridgehead atoms. The van der Waals surface area contributed by atoms with E-state index in [4.69, 9.17) is 42.6 Å². The predicted octanol–water partition coefficient (Wildman–Crippen LogP) is 5.79. The summed E-state index contributed by atoms with van der Waals surface area (Å²) in [4.78, 5) is 107. The van der Waals surface area contributed by atoms with Crippen molar-refractivity contribution in [1.82, 2.24) is 16.0 Å². The van der Waals surface area contributed by atoms with Gasteiger partial charge in [0.25, 0.3) is 0 Å². The van der Waals surface area contributed by atoms with Crippen molar-refractivity contribution in [2.24, 2.45) is 11.8 Å². The van der Waals surface area contributed by atoms with Crippen LogP contribution >= 0.6 is 11.8 Å². The van der Waals surface area contributed by atoms with Crippen LogP contribution < -0.4 is 35.1 Å². The van der Waals surface area contributed by atoms with E-state index in [2.05, 4.69) is 29.8 Å². The second-order valence-corrected chi connectivity index (χ2v) is 23.7. The van der Waals surface area contributed by atoms with Crippen LogP contribution in [-0.2, 0) is 62.8 Å². The van der Waals surface area contributed by atoms with E-state index in [1.807, 2.05) is 62.4 Å². The molecule has 2 fully saturated rings. The summed E-state index contributed by atoms with van der Waals surface area (Å²) in [7, 11) is 0. The Labute approximate surface area is 529 Å². The maximum atomic E-state index is 14.3. The second-order valence-electron chi connectivity index (χ2n) is 22.5. The molecule has 7 unspecified atom stereocenters. The van der Waals surface area contributed by atoms with E-state index in [0.29, 0.717) is 16.7 Å². The molecule has 25 heteroatoms. The molecule has 4 aliphatic heterocycles. The molecule has 1 aliphatic carbocycles. The van der Waals surface area contributed by atoms with Gasteiger partial charge < -0.3 is 73.9 Å². The second kappa shape index (κ2) is 30.2. The molecule has 5 amide bonds. The van der Waals surface area contributed by atoms with E-state index in [1.54, 1.807) is 18.2 Å². The smallest absolute Gasteiger partial charge is 0.407 e. The van der Waals surface area contributed by atoms with E-state index in [1.165, 1.54) is 56.7 Å². The molecular formula is C66H74N4O20S. The molecule has 4 heterocycles. The standard InChI is InChI=1S/C63H66N4O20S.C3H8/c1-33(2)55-51(86-61(77)57(73)56(55)72)30-81-31-53(70)64-19-21-79-23-24-80-22-20-65-58(74)48(66-62(78)82-29-44-41-11-7-5-9-39(41)40-10-6-8-12-42(40)44)32-88-52-28-54(71)67(59(52)75)36-13-16-45-43(25-36)60(76)87-63(45)46-17-14-37(83-34(3)68)26-49(46)85-50-27-38(84-35(4)69)15-18-47(50)63;1-3-2/h5-18,25-27,33,44,48,51-52,55-57,61,72-73,77H,19-24,28-32H2,1-4H3,(H,64,70)(H,65,74)(H,66,78);3H2,1-2H3. The number of anilines is 1. The number of fused-ring (bicyclic) bond motifs is 9. The summed E-state index contributed by atoms with van der Waals surface area (Å²) in [5.41, 5.74) is 3.54. The fourth-order valence-electron chi connectivity index (χ4n) is 11.7. The highest BCUT2D eigenvalue weighted by Crippen LogP contribution is 2.58. The summed E-state index contributed by atoms with van der Waals surface area (Å²) in [6, 6.07) is 28.0. The number of carbonyl (C=O) groups is 8. The number of ether oxygens (including phenoxy) is 9. The van der Waals surface area contributed by atoms with Gasteiger partial charge in [0, 0.05) is 79.8 Å². The van der Waals surface area contributed by atoms with Gasteiger partial charge in [-0.2, -0.15) is 0 Å². The highest BCUT2D eigenvalue weighted by Gasteiger charge is 2.55. The fraction of sp³-hybridized carbons (Fsp3) is 0.424. The first-order chi connectivity index (χ1) is 43.7. The molecule has 91 heavy (non-hydrogen) atoms. The highest BCUT2D eigenvalue weighted by atomic mass is 32.2. The molecule has 5 aliphatic rings. The Kier molecular flexibility index (Phi) is 22.3. The SMILES string of the molecule is CC(=O)Oc1ccc2c(c1)Oc1cc(OC(C)=O)ccc1C21OC(=O)c2cc(N3C(=O)CC(SCC(NC(=O)OCC4c5ccccc5-c5ccccc54)C(=O)NCCOCCOCCNC(=O)COCC4OC(O)C(O)C(O)C4C(C)C)C3=O)ccc21.CCC. The summed E-state index contributed by atoms with van der Waals surface area (Å²) >= 11 is 0.983. The molecule has 1 spiro atoms. The summed E-state index contributed by atoms with van der Waals surface area (Å²) in [6.07, 6.45) is -4.92. The number of carbonyl (C=O) groups excluding carboxylic acids is 8. The number of hydrogen-bond donors (Lipinski definition) is 6. The summed E-state index contributed by atoms with van der Waals surface area (Å²) in [5.74, 6) is -4.70. The highest BCUT2D eigenvalue weighted by molar-refractivity contribution is 8.00. The third kappa shape index (κ3) is 15.2. The topological polar surface area (TPSA) is 320 Å². The van der Waals surface area contributed by atoms with Crippen LogP contribution in [0.15, 0.2) is 103 Å². The van der Waals surface area contributed by atoms with Crippen molar-refractivity contribution in [3.05, 3.63) is 137 Å². The van der Waals surface area contributed by atoms with Crippen LogP contribution in [0.4, 0.5) is 10.5 Å². The van der Waals surface area contributed by atoms with Gasteiger partial charge in [-0.15, -0.1) is 11.8 Å². The van der Waals surface area contributed by atoms with Crippen molar-refractivity contribution in [2.75, 3.05) is 70.0 Å². The van der Waals surface area contributed by atoms with Gasteiger partial charge in [0.05, 0.1) is 61.7 Å². The molecule has 5 aromatic carbocycles. The minimum atomic E-state index is -1.65. The molecule has 484 valence electrons. The van der Waals surface area contributed by atoms with Crippen LogP contribution in [0.25, 0.3) is 11.1 Å². The zero-order chi connectivity index (χ0) is 65.1. The Morgan fingerprint density at radius 1 is 0.703 bits per heavy atom. The number of nitrogens with zero attached hydrogens (tertiary/aromatic N) is 1. The van der Waals surface area contributed by atoms with Crippen LogP contribution in [0, 0.1) is 11.8 Å². The molecule has 5 aromatic rings. The van der Waals surface area contributed by atoms with Crippen molar-refractivity contribution in [1.29, 1.82) is 0 Å². The number of amides is 5. The van der Waals surface area contributed by atoms with E-state index in [0.717, 1.165) is 38.9 Å². The lowest BCUT2D eigenvalue weighted by Gasteiger charge is -2.42. The van der Waals surface area contributed by atoms with Gasteiger partial charge in [0.2, 0.25) is 23.6 Å². The Hall–Kier alpha value is -8.27. The Balaban J connectivity index is 0.00000320. The quantitative estimate of drug-likeness (QED) is 0.0184.